The molecule has 16 heavy (non-hydrogen) atoms. The fraction of sp³-hybridized carbons (Fsp3) is 0.455. The zero-order valence-electron chi connectivity index (χ0n) is 9.62. The van der Waals surface area contributed by atoms with Gasteiger partial charge in [-0.1, -0.05) is 6.07 Å². The Labute approximate surface area is 95.2 Å². The average molecular weight is 223 g/mol. The molecular formula is C11H17N3O2. The van der Waals surface area contributed by atoms with Gasteiger partial charge in [0.05, 0.1) is 6.61 Å². The molecule has 0 saturated heterocycles. The Morgan fingerprint density at radius 2 is 2.25 bits per heavy atom. The molecular weight excluding hydrogens is 206 g/mol. The summed E-state index contributed by atoms with van der Waals surface area (Å²) in [5, 5.41) is 5.38. The number of hydrogen-bond acceptors (Lipinski definition) is 3. The van der Waals surface area contributed by atoms with Crippen LogP contribution in [0.5, 0.6) is 5.88 Å². The predicted octanol–water partition coefficient (Wildman–Crippen LogP) is 1.30. The Hall–Kier alpha value is -1.78. The van der Waals surface area contributed by atoms with Gasteiger partial charge in [-0.3, -0.25) is 0 Å². The lowest BCUT2D eigenvalue weighted by atomic mass is 10.2. The highest BCUT2D eigenvalue weighted by Crippen LogP contribution is 2.13. The summed E-state index contributed by atoms with van der Waals surface area (Å²) in [4.78, 5) is 15.3. The molecule has 1 heterocycles. The van der Waals surface area contributed by atoms with Gasteiger partial charge < -0.3 is 15.4 Å². The lowest BCUT2D eigenvalue weighted by molar-refractivity contribution is 0.240. The number of urea groups is 1. The lowest BCUT2D eigenvalue weighted by Gasteiger charge is -2.09. The SMILES string of the molecule is CCNC(=O)NCc1cccnc1OCC. The molecule has 0 aliphatic carbocycles. The average Bonchev–Trinajstić information content (AvgIpc) is 2.29. The second-order valence-corrected chi connectivity index (χ2v) is 3.11. The Bertz CT molecular complexity index is 342. The van der Waals surface area contributed by atoms with E-state index in [-0.39, 0.29) is 6.03 Å². The lowest BCUT2D eigenvalue weighted by Crippen LogP contribution is -2.34. The Kier molecular flexibility index (Phi) is 5.11. The normalized spacial score (nSPS) is 9.62. The van der Waals surface area contributed by atoms with Crippen molar-refractivity contribution in [1.82, 2.24) is 15.6 Å². The van der Waals surface area contributed by atoms with Gasteiger partial charge in [-0.2, -0.15) is 0 Å². The largest absolute Gasteiger partial charge is 0.478 e. The first-order valence-electron chi connectivity index (χ1n) is 5.36. The molecule has 0 spiro atoms. The second-order valence-electron chi connectivity index (χ2n) is 3.11. The fourth-order valence-electron chi connectivity index (χ4n) is 1.22. The number of carbonyl (C=O) groups excluding carboxylic acids is 1. The van der Waals surface area contributed by atoms with Gasteiger partial charge >= 0.3 is 6.03 Å². The van der Waals surface area contributed by atoms with Crippen LogP contribution >= 0.6 is 0 Å². The Morgan fingerprint density at radius 1 is 1.44 bits per heavy atom. The fourth-order valence-corrected chi connectivity index (χ4v) is 1.22. The molecule has 0 aliphatic heterocycles. The quantitative estimate of drug-likeness (QED) is 0.790. The van der Waals surface area contributed by atoms with Crippen LogP contribution in [0.15, 0.2) is 18.3 Å². The summed E-state index contributed by atoms with van der Waals surface area (Å²) in [7, 11) is 0. The standard InChI is InChI=1S/C11H17N3O2/c1-3-12-11(15)14-8-9-6-5-7-13-10(9)16-4-2/h5-7H,3-4,8H2,1-2H3,(H2,12,14,15). The molecule has 0 bridgehead atoms. The molecule has 0 aliphatic rings. The Balaban J connectivity index is 2.55. The molecule has 0 unspecified atom stereocenters. The van der Waals surface area contributed by atoms with Crippen LogP contribution < -0.4 is 15.4 Å². The van der Waals surface area contributed by atoms with E-state index in [9.17, 15) is 4.79 Å². The number of pyridine rings is 1. The van der Waals surface area contributed by atoms with Crippen LogP contribution in [0.25, 0.3) is 0 Å². The van der Waals surface area contributed by atoms with Crippen molar-refractivity contribution in [1.29, 1.82) is 0 Å². The van der Waals surface area contributed by atoms with Crippen molar-refractivity contribution >= 4 is 6.03 Å². The minimum Gasteiger partial charge on any atom is -0.478 e. The third-order valence-electron chi connectivity index (χ3n) is 1.91. The highest BCUT2D eigenvalue weighted by Gasteiger charge is 2.05. The summed E-state index contributed by atoms with van der Waals surface area (Å²) in [5.41, 5.74) is 0.871. The van der Waals surface area contributed by atoms with Crippen molar-refractivity contribution in [3.8, 4) is 5.88 Å². The number of rotatable bonds is 5. The number of carbonyl (C=O) groups is 1. The number of nitrogens with zero attached hydrogens (tertiary/aromatic N) is 1. The third kappa shape index (κ3) is 3.76. The molecule has 88 valence electrons. The van der Waals surface area contributed by atoms with Crippen LogP contribution in [0.4, 0.5) is 4.79 Å². The summed E-state index contributed by atoms with van der Waals surface area (Å²) >= 11 is 0. The minimum atomic E-state index is -0.186. The summed E-state index contributed by atoms with van der Waals surface area (Å²) in [6.45, 7) is 5.35. The van der Waals surface area contributed by atoms with Crippen molar-refractivity contribution in [3.63, 3.8) is 0 Å². The highest BCUT2D eigenvalue weighted by atomic mass is 16.5. The monoisotopic (exact) mass is 223 g/mol. The Morgan fingerprint density at radius 3 is 2.94 bits per heavy atom. The summed E-state index contributed by atoms with van der Waals surface area (Å²) in [6.07, 6.45) is 1.67. The van der Waals surface area contributed by atoms with Crippen LogP contribution in [-0.4, -0.2) is 24.2 Å². The van der Waals surface area contributed by atoms with Gasteiger partial charge in [0.2, 0.25) is 5.88 Å². The molecule has 1 rings (SSSR count). The van der Waals surface area contributed by atoms with Crippen LogP contribution in [0.3, 0.4) is 0 Å². The van der Waals surface area contributed by atoms with E-state index < -0.39 is 0 Å². The van der Waals surface area contributed by atoms with E-state index in [1.54, 1.807) is 6.20 Å². The van der Waals surface area contributed by atoms with Crippen LogP contribution in [0.1, 0.15) is 19.4 Å². The number of aromatic nitrogens is 1. The topological polar surface area (TPSA) is 63.2 Å². The van der Waals surface area contributed by atoms with Gasteiger partial charge in [0.25, 0.3) is 0 Å². The predicted molar refractivity (Wildman–Crippen MR) is 61.3 cm³/mol. The third-order valence-corrected chi connectivity index (χ3v) is 1.91. The van der Waals surface area contributed by atoms with E-state index in [0.717, 1.165) is 5.56 Å². The van der Waals surface area contributed by atoms with Gasteiger partial charge in [0.15, 0.2) is 0 Å². The van der Waals surface area contributed by atoms with Crippen LogP contribution in [-0.2, 0) is 6.54 Å². The van der Waals surface area contributed by atoms with Crippen molar-refractivity contribution in [3.05, 3.63) is 23.9 Å². The highest BCUT2D eigenvalue weighted by molar-refractivity contribution is 5.73. The van der Waals surface area contributed by atoms with E-state index in [4.69, 9.17) is 4.74 Å². The summed E-state index contributed by atoms with van der Waals surface area (Å²) < 4.78 is 5.35. The van der Waals surface area contributed by atoms with Crippen molar-refractivity contribution in [2.75, 3.05) is 13.2 Å². The van der Waals surface area contributed by atoms with Crippen LogP contribution in [0, 0.1) is 0 Å². The molecule has 0 saturated carbocycles. The maximum Gasteiger partial charge on any atom is 0.315 e. The maximum absolute atomic E-state index is 11.2. The van der Waals surface area contributed by atoms with E-state index in [1.165, 1.54) is 0 Å². The van der Waals surface area contributed by atoms with E-state index in [0.29, 0.717) is 25.6 Å². The van der Waals surface area contributed by atoms with Gasteiger partial charge in [0, 0.05) is 24.8 Å². The first-order valence-corrected chi connectivity index (χ1v) is 5.36. The molecule has 5 nitrogen and oxygen atoms in total. The number of ether oxygens (including phenoxy) is 1. The van der Waals surface area contributed by atoms with E-state index in [1.807, 2.05) is 26.0 Å². The smallest absolute Gasteiger partial charge is 0.315 e. The molecule has 2 N–H and O–H groups in total. The summed E-state index contributed by atoms with van der Waals surface area (Å²) in [6, 6.07) is 3.51. The molecule has 1 aromatic heterocycles. The van der Waals surface area contributed by atoms with Gasteiger partial charge in [0.1, 0.15) is 0 Å². The van der Waals surface area contributed by atoms with E-state index >= 15 is 0 Å². The molecule has 0 atom stereocenters. The number of amides is 2. The maximum atomic E-state index is 11.2. The molecule has 5 heteroatoms. The second kappa shape index (κ2) is 6.66. The summed E-state index contributed by atoms with van der Waals surface area (Å²) in [5.74, 6) is 0.571. The molecule has 0 aromatic carbocycles. The number of hydrogen-bond donors (Lipinski definition) is 2. The molecule has 0 radical (unpaired) electrons. The molecule has 0 fully saturated rings. The van der Waals surface area contributed by atoms with Crippen molar-refractivity contribution in [2.24, 2.45) is 0 Å². The van der Waals surface area contributed by atoms with Gasteiger partial charge in [-0.25, -0.2) is 9.78 Å². The zero-order chi connectivity index (χ0) is 11.8. The first kappa shape index (κ1) is 12.3. The van der Waals surface area contributed by atoms with Crippen molar-refractivity contribution in [2.45, 2.75) is 20.4 Å². The first-order chi connectivity index (χ1) is 7.77. The number of nitrogens with one attached hydrogen (secondary N) is 2. The zero-order valence-corrected chi connectivity index (χ0v) is 9.62. The van der Waals surface area contributed by atoms with E-state index in [2.05, 4.69) is 15.6 Å². The van der Waals surface area contributed by atoms with Crippen LogP contribution in [0.2, 0.25) is 0 Å². The molecule has 1 aromatic rings. The van der Waals surface area contributed by atoms with Gasteiger partial charge in [-0.05, 0) is 19.9 Å². The minimum absolute atomic E-state index is 0.186. The van der Waals surface area contributed by atoms with Gasteiger partial charge in [-0.15, -0.1) is 0 Å². The molecule has 2 amide bonds. The van der Waals surface area contributed by atoms with Crippen molar-refractivity contribution < 1.29 is 9.53 Å².